The molecule has 0 aliphatic carbocycles. The Morgan fingerprint density at radius 1 is 1.33 bits per heavy atom. The molecule has 3 nitrogen and oxygen atoms in total. The summed E-state index contributed by atoms with van der Waals surface area (Å²) < 4.78 is 6.32. The van der Waals surface area contributed by atoms with Crippen molar-refractivity contribution in [3.8, 4) is 0 Å². The molecule has 2 heterocycles. The van der Waals surface area contributed by atoms with Crippen LogP contribution in [0.2, 0.25) is 0 Å². The summed E-state index contributed by atoms with van der Waals surface area (Å²) in [6.07, 6.45) is 2.22. The minimum absolute atomic E-state index is 0.0477. The molecule has 1 N–H and O–H groups in total. The van der Waals surface area contributed by atoms with Gasteiger partial charge in [-0.3, -0.25) is 0 Å². The number of nitrogens with one attached hydrogen (secondary N) is 1. The molecule has 21 heavy (non-hydrogen) atoms. The zero-order chi connectivity index (χ0) is 15.8. The average molecular weight is 311 g/mol. The van der Waals surface area contributed by atoms with Crippen LogP contribution in [0, 0.1) is 19.8 Å². The lowest BCUT2D eigenvalue weighted by atomic mass is 9.80. The van der Waals surface area contributed by atoms with Crippen LogP contribution in [0.3, 0.4) is 0 Å². The van der Waals surface area contributed by atoms with Crippen LogP contribution >= 0.6 is 11.3 Å². The fourth-order valence-corrected chi connectivity index (χ4v) is 4.75. The first-order valence-electron chi connectivity index (χ1n) is 8.04. The molecule has 0 radical (unpaired) electrons. The third-order valence-corrected chi connectivity index (χ3v) is 5.54. The van der Waals surface area contributed by atoms with Crippen LogP contribution in [0.1, 0.15) is 69.1 Å². The number of aryl methyl sites for hydroxylation is 2. The molecule has 120 valence electrons. The number of thiazole rings is 1. The van der Waals surface area contributed by atoms with Gasteiger partial charge in [0.25, 0.3) is 0 Å². The Morgan fingerprint density at radius 3 is 2.43 bits per heavy atom. The van der Waals surface area contributed by atoms with Gasteiger partial charge in [0.2, 0.25) is 0 Å². The standard InChI is InChI=1S/C17H30N2OS/c1-8-9-18-14(15-11(2)19-12(3)21-15)13-10-16(4,5)20-17(13,6)7/h13-14,18H,8-10H2,1-7H3. The summed E-state index contributed by atoms with van der Waals surface area (Å²) in [4.78, 5) is 6.02. The zero-order valence-corrected chi connectivity index (χ0v) is 15.4. The highest BCUT2D eigenvalue weighted by molar-refractivity contribution is 7.11. The van der Waals surface area contributed by atoms with Crippen molar-refractivity contribution < 1.29 is 4.74 Å². The Morgan fingerprint density at radius 2 is 2.00 bits per heavy atom. The molecular formula is C17H30N2OS. The third kappa shape index (κ3) is 3.66. The van der Waals surface area contributed by atoms with Gasteiger partial charge in [0.15, 0.2) is 0 Å². The summed E-state index contributed by atoms with van der Waals surface area (Å²) in [7, 11) is 0. The van der Waals surface area contributed by atoms with Crippen molar-refractivity contribution in [3.05, 3.63) is 15.6 Å². The first kappa shape index (κ1) is 16.9. The van der Waals surface area contributed by atoms with Gasteiger partial charge in [0, 0.05) is 16.8 Å². The molecule has 0 saturated carbocycles. The molecule has 1 aliphatic rings. The average Bonchev–Trinajstić information content (AvgIpc) is 2.76. The largest absolute Gasteiger partial charge is 0.369 e. The maximum Gasteiger partial charge on any atom is 0.0900 e. The molecule has 1 fully saturated rings. The number of nitrogens with zero attached hydrogens (tertiary/aromatic N) is 1. The second-order valence-corrected chi connectivity index (χ2v) is 8.62. The molecule has 2 unspecified atom stereocenters. The van der Waals surface area contributed by atoms with E-state index in [1.807, 2.05) is 11.3 Å². The second-order valence-electron chi connectivity index (χ2n) is 7.39. The maximum atomic E-state index is 6.32. The highest BCUT2D eigenvalue weighted by Crippen LogP contribution is 2.48. The minimum atomic E-state index is -0.112. The van der Waals surface area contributed by atoms with Crippen LogP contribution in [0.4, 0.5) is 0 Å². The molecule has 0 amide bonds. The number of rotatable bonds is 5. The van der Waals surface area contributed by atoms with Crippen LogP contribution < -0.4 is 5.32 Å². The van der Waals surface area contributed by atoms with Crippen LogP contribution in [0.15, 0.2) is 0 Å². The molecule has 2 atom stereocenters. The van der Waals surface area contributed by atoms with Gasteiger partial charge in [-0.2, -0.15) is 0 Å². The van der Waals surface area contributed by atoms with E-state index in [-0.39, 0.29) is 11.2 Å². The van der Waals surface area contributed by atoms with Gasteiger partial charge < -0.3 is 10.1 Å². The lowest BCUT2D eigenvalue weighted by Gasteiger charge is -2.33. The first-order chi connectivity index (χ1) is 9.66. The SMILES string of the molecule is CCCNC(c1sc(C)nc1C)C1CC(C)(C)OC1(C)C. The molecule has 0 bridgehead atoms. The fourth-order valence-electron chi connectivity index (χ4n) is 3.68. The van der Waals surface area contributed by atoms with Gasteiger partial charge in [-0.05, 0) is 60.9 Å². The third-order valence-electron chi connectivity index (χ3n) is 4.38. The van der Waals surface area contributed by atoms with E-state index in [0.717, 1.165) is 24.4 Å². The number of ether oxygens (including phenoxy) is 1. The van der Waals surface area contributed by atoms with E-state index in [1.54, 1.807) is 0 Å². The summed E-state index contributed by atoms with van der Waals surface area (Å²) in [6, 6.07) is 0.341. The Bertz CT molecular complexity index is 493. The van der Waals surface area contributed by atoms with Crippen molar-refractivity contribution in [1.82, 2.24) is 10.3 Å². The van der Waals surface area contributed by atoms with Gasteiger partial charge in [-0.25, -0.2) is 4.98 Å². The molecule has 4 heteroatoms. The van der Waals surface area contributed by atoms with Gasteiger partial charge in [-0.1, -0.05) is 6.92 Å². The summed E-state index contributed by atoms with van der Waals surface area (Å²) in [5.74, 6) is 0.470. The highest BCUT2D eigenvalue weighted by atomic mass is 32.1. The molecule has 1 aromatic heterocycles. The molecule has 1 saturated heterocycles. The van der Waals surface area contributed by atoms with Crippen LogP contribution in [0.25, 0.3) is 0 Å². The van der Waals surface area contributed by atoms with E-state index in [4.69, 9.17) is 4.74 Å². The van der Waals surface area contributed by atoms with Crippen LogP contribution in [-0.4, -0.2) is 22.7 Å². The predicted octanol–water partition coefficient (Wildman–Crippen LogP) is 4.39. The predicted molar refractivity (Wildman–Crippen MR) is 90.0 cm³/mol. The van der Waals surface area contributed by atoms with Crippen LogP contribution in [0.5, 0.6) is 0 Å². The second kappa shape index (κ2) is 5.98. The van der Waals surface area contributed by atoms with Crippen molar-refractivity contribution in [3.63, 3.8) is 0 Å². The van der Waals surface area contributed by atoms with Crippen LogP contribution in [-0.2, 0) is 4.74 Å². The number of hydrogen-bond donors (Lipinski definition) is 1. The Balaban J connectivity index is 2.34. The number of aromatic nitrogens is 1. The van der Waals surface area contributed by atoms with Crippen molar-refractivity contribution in [1.29, 1.82) is 0 Å². The smallest absolute Gasteiger partial charge is 0.0900 e. The molecule has 1 aromatic rings. The maximum absolute atomic E-state index is 6.32. The Labute approximate surface area is 133 Å². The van der Waals surface area contributed by atoms with E-state index >= 15 is 0 Å². The zero-order valence-electron chi connectivity index (χ0n) is 14.5. The number of hydrogen-bond acceptors (Lipinski definition) is 4. The van der Waals surface area contributed by atoms with Crippen molar-refractivity contribution in [2.45, 2.75) is 78.6 Å². The Kier molecular flexibility index (Phi) is 4.81. The summed E-state index contributed by atoms with van der Waals surface area (Å²) in [6.45, 7) is 16.4. The topological polar surface area (TPSA) is 34.2 Å². The quantitative estimate of drug-likeness (QED) is 0.875. The first-order valence-corrected chi connectivity index (χ1v) is 8.85. The van der Waals surface area contributed by atoms with E-state index in [0.29, 0.717) is 12.0 Å². The molecule has 0 aromatic carbocycles. The highest BCUT2D eigenvalue weighted by Gasteiger charge is 2.49. The monoisotopic (exact) mass is 310 g/mol. The lowest BCUT2D eigenvalue weighted by molar-refractivity contribution is -0.0777. The molecule has 2 rings (SSSR count). The van der Waals surface area contributed by atoms with E-state index in [9.17, 15) is 0 Å². The van der Waals surface area contributed by atoms with Gasteiger partial charge in [-0.15, -0.1) is 11.3 Å². The van der Waals surface area contributed by atoms with E-state index in [2.05, 4.69) is 58.8 Å². The van der Waals surface area contributed by atoms with Gasteiger partial charge >= 0.3 is 0 Å². The summed E-state index contributed by atoms with van der Waals surface area (Å²) in [5, 5.41) is 4.92. The van der Waals surface area contributed by atoms with Crippen molar-refractivity contribution in [2.75, 3.05) is 6.54 Å². The summed E-state index contributed by atoms with van der Waals surface area (Å²) >= 11 is 1.83. The van der Waals surface area contributed by atoms with E-state index < -0.39 is 0 Å². The lowest BCUT2D eigenvalue weighted by Crippen LogP contribution is -2.38. The molecule has 0 spiro atoms. The fraction of sp³-hybridized carbons (Fsp3) is 0.824. The van der Waals surface area contributed by atoms with E-state index in [1.165, 1.54) is 10.6 Å². The summed E-state index contributed by atoms with van der Waals surface area (Å²) in [5.41, 5.74) is 1.01. The van der Waals surface area contributed by atoms with Gasteiger partial charge in [0.05, 0.1) is 21.9 Å². The minimum Gasteiger partial charge on any atom is -0.369 e. The molecular weight excluding hydrogens is 280 g/mol. The van der Waals surface area contributed by atoms with Crippen molar-refractivity contribution in [2.24, 2.45) is 5.92 Å². The van der Waals surface area contributed by atoms with Gasteiger partial charge in [0.1, 0.15) is 0 Å². The van der Waals surface area contributed by atoms with Crippen molar-refractivity contribution >= 4 is 11.3 Å². The Hall–Kier alpha value is -0.450. The molecule has 1 aliphatic heterocycles. The normalized spacial score (nSPS) is 25.2.